The van der Waals surface area contributed by atoms with Gasteiger partial charge in [-0.2, -0.15) is 5.10 Å². The van der Waals surface area contributed by atoms with Crippen LogP contribution in [-0.2, 0) is 6.54 Å². The molecule has 3 rings (SSSR count). The number of nitrogens with zero attached hydrogens (tertiary/aromatic N) is 3. The first-order valence-electron chi connectivity index (χ1n) is 7.65. The number of aryl methyl sites for hydroxylation is 1. The van der Waals surface area contributed by atoms with Crippen LogP contribution in [0.4, 0.5) is 0 Å². The second kappa shape index (κ2) is 7.10. The summed E-state index contributed by atoms with van der Waals surface area (Å²) in [5.41, 5.74) is 0.505. The largest absolute Gasteiger partial charge is 0.332 e. The third kappa shape index (κ3) is 3.09. The van der Waals surface area contributed by atoms with Crippen molar-refractivity contribution in [2.24, 2.45) is 0 Å². The molecule has 2 aromatic rings. The summed E-state index contributed by atoms with van der Waals surface area (Å²) >= 11 is 0. The van der Waals surface area contributed by atoms with E-state index in [4.69, 9.17) is 0 Å². The maximum atomic E-state index is 12.8. The van der Waals surface area contributed by atoms with Gasteiger partial charge in [-0.1, -0.05) is 12.1 Å². The molecule has 1 aliphatic rings. The van der Waals surface area contributed by atoms with Gasteiger partial charge in [-0.3, -0.25) is 14.3 Å². The van der Waals surface area contributed by atoms with Gasteiger partial charge in [-0.25, -0.2) is 0 Å². The number of benzene rings is 1. The van der Waals surface area contributed by atoms with Crippen molar-refractivity contribution in [2.75, 3.05) is 19.6 Å². The molecule has 7 heteroatoms. The van der Waals surface area contributed by atoms with Crippen molar-refractivity contribution in [1.29, 1.82) is 0 Å². The van der Waals surface area contributed by atoms with Crippen molar-refractivity contribution >= 4 is 29.2 Å². The van der Waals surface area contributed by atoms with E-state index in [0.29, 0.717) is 18.5 Å². The fourth-order valence-electron chi connectivity index (χ4n) is 2.90. The van der Waals surface area contributed by atoms with E-state index in [0.717, 1.165) is 18.6 Å². The lowest BCUT2D eigenvalue weighted by molar-refractivity contribution is 0.0646. The molecule has 1 atom stereocenters. The highest BCUT2D eigenvalue weighted by molar-refractivity contribution is 5.95. The molecule has 1 fully saturated rings. The SMILES string of the molecule is CCn1nc(C(=O)N2CCNC[C@H]2C)c(=O)c2ccccc21.Cl. The van der Waals surface area contributed by atoms with Crippen molar-refractivity contribution in [1.82, 2.24) is 20.0 Å². The van der Waals surface area contributed by atoms with Gasteiger partial charge in [-0.05, 0) is 26.0 Å². The molecule has 0 spiro atoms. The molecule has 0 bridgehead atoms. The standard InChI is InChI=1S/C16H20N4O2.ClH/c1-3-20-13-7-5-4-6-12(13)15(21)14(18-20)16(22)19-9-8-17-10-11(19)2;/h4-7,11,17H,3,8-10H2,1-2H3;1H/t11-;/m1./s1. The minimum absolute atomic E-state index is 0. The molecule has 0 unspecified atom stereocenters. The number of fused-ring (bicyclic) bond motifs is 1. The van der Waals surface area contributed by atoms with E-state index in [1.54, 1.807) is 15.6 Å². The number of piperazine rings is 1. The number of hydrogen-bond donors (Lipinski definition) is 1. The Morgan fingerprint density at radius 1 is 1.39 bits per heavy atom. The highest BCUT2D eigenvalue weighted by Crippen LogP contribution is 2.12. The average Bonchev–Trinajstić information content (AvgIpc) is 2.55. The van der Waals surface area contributed by atoms with Crippen LogP contribution in [-0.4, -0.2) is 46.3 Å². The number of rotatable bonds is 2. The van der Waals surface area contributed by atoms with Crippen LogP contribution in [0, 0.1) is 0 Å². The molecular formula is C16H21ClN4O2. The smallest absolute Gasteiger partial charge is 0.278 e. The predicted octanol–water partition coefficient (Wildman–Crippen LogP) is 1.27. The Hall–Kier alpha value is -1.92. The average molecular weight is 337 g/mol. The Morgan fingerprint density at radius 3 is 2.83 bits per heavy atom. The first-order chi connectivity index (χ1) is 10.6. The Balaban J connectivity index is 0.00000192. The molecule has 2 heterocycles. The summed E-state index contributed by atoms with van der Waals surface area (Å²) in [6.07, 6.45) is 0. The monoisotopic (exact) mass is 336 g/mol. The number of amides is 1. The summed E-state index contributed by atoms with van der Waals surface area (Å²) in [6.45, 7) is 6.61. The summed E-state index contributed by atoms with van der Waals surface area (Å²) in [7, 11) is 0. The molecule has 1 aliphatic heterocycles. The second-order valence-electron chi connectivity index (χ2n) is 5.56. The van der Waals surface area contributed by atoms with Gasteiger partial charge in [0.2, 0.25) is 5.43 Å². The number of carbonyl (C=O) groups is 1. The summed E-state index contributed by atoms with van der Waals surface area (Å²) in [4.78, 5) is 27.1. The molecule has 1 N–H and O–H groups in total. The first-order valence-corrected chi connectivity index (χ1v) is 7.65. The Bertz CT molecular complexity index is 774. The molecule has 6 nitrogen and oxygen atoms in total. The summed E-state index contributed by atoms with van der Waals surface area (Å²) in [5.74, 6) is -0.271. The van der Waals surface area contributed by atoms with Crippen LogP contribution in [0.1, 0.15) is 24.3 Å². The molecule has 0 saturated carbocycles. The number of carbonyl (C=O) groups excluding carboxylic acids is 1. The first kappa shape index (κ1) is 17.4. The van der Waals surface area contributed by atoms with Crippen molar-refractivity contribution in [3.63, 3.8) is 0 Å². The van der Waals surface area contributed by atoms with E-state index in [1.165, 1.54) is 0 Å². The maximum absolute atomic E-state index is 12.8. The van der Waals surface area contributed by atoms with Gasteiger partial charge in [0.25, 0.3) is 5.91 Å². The van der Waals surface area contributed by atoms with Crippen LogP contribution >= 0.6 is 12.4 Å². The molecule has 124 valence electrons. The van der Waals surface area contributed by atoms with Gasteiger partial charge < -0.3 is 10.2 Å². The van der Waals surface area contributed by atoms with E-state index >= 15 is 0 Å². The molecule has 0 aliphatic carbocycles. The van der Waals surface area contributed by atoms with E-state index in [1.807, 2.05) is 32.0 Å². The van der Waals surface area contributed by atoms with Crippen LogP contribution in [0.2, 0.25) is 0 Å². The van der Waals surface area contributed by atoms with E-state index in [2.05, 4.69) is 10.4 Å². The Labute approximate surface area is 140 Å². The predicted molar refractivity (Wildman–Crippen MR) is 92.3 cm³/mol. The summed E-state index contributed by atoms with van der Waals surface area (Å²) in [5, 5.41) is 8.11. The normalized spacial score (nSPS) is 17.8. The third-order valence-corrected chi connectivity index (χ3v) is 4.13. The second-order valence-corrected chi connectivity index (χ2v) is 5.56. The van der Waals surface area contributed by atoms with Crippen molar-refractivity contribution in [3.05, 3.63) is 40.2 Å². The lowest BCUT2D eigenvalue weighted by Crippen LogP contribution is -2.53. The van der Waals surface area contributed by atoms with Crippen LogP contribution < -0.4 is 10.7 Å². The topological polar surface area (TPSA) is 67.2 Å². The molecule has 1 aromatic carbocycles. The molecule has 23 heavy (non-hydrogen) atoms. The van der Waals surface area contributed by atoms with Crippen LogP contribution in [0.25, 0.3) is 10.9 Å². The van der Waals surface area contributed by atoms with E-state index in [-0.39, 0.29) is 35.5 Å². The minimum atomic E-state index is -0.281. The zero-order valence-corrected chi connectivity index (χ0v) is 14.1. The number of nitrogens with one attached hydrogen (secondary N) is 1. The number of hydrogen-bond acceptors (Lipinski definition) is 4. The van der Waals surface area contributed by atoms with Gasteiger partial charge in [0, 0.05) is 37.6 Å². The fraction of sp³-hybridized carbons (Fsp3) is 0.438. The maximum Gasteiger partial charge on any atom is 0.278 e. The number of para-hydroxylation sites is 1. The number of aromatic nitrogens is 2. The molecule has 0 radical (unpaired) electrons. The number of halogens is 1. The van der Waals surface area contributed by atoms with E-state index in [9.17, 15) is 9.59 Å². The van der Waals surface area contributed by atoms with Gasteiger partial charge in [0.15, 0.2) is 5.69 Å². The highest BCUT2D eigenvalue weighted by atomic mass is 35.5. The van der Waals surface area contributed by atoms with Crippen molar-refractivity contribution in [3.8, 4) is 0 Å². The zero-order chi connectivity index (χ0) is 15.7. The molecular weight excluding hydrogens is 316 g/mol. The highest BCUT2D eigenvalue weighted by Gasteiger charge is 2.27. The quantitative estimate of drug-likeness (QED) is 0.897. The third-order valence-electron chi connectivity index (χ3n) is 4.13. The van der Waals surface area contributed by atoms with Crippen LogP contribution in [0.3, 0.4) is 0 Å². The lowest BCUT2D eigenvalue weighted by atomic mass is 10.1. The van der Waals surface area contributed by atoms with Crippen molar-refractivity contribution in [2.45, 2.75) is 26.4 Å². The fourth-order valence-corrected chi connectivity index (χ4v) is 2.90. The molecule has 1 saturated heterocycles. The Morgan fingerprint density at radius 2 is 2.13 bits per heavy atom. The zero-order valence-electron chi connectivity index (χ0n) is 13.3. The summed E-state index contributed by atoms with van der Waals surface area (Å²) < 4.78 is 1.72. The van der Waals surface area contributed by atoms with Gasteiger partial charge >= 0.3 is 0 Å². The van der Waals surface area contributed by atoms with Crippen LogP contribution in [0.15, 0.2) is 29.1 Å². The van der Waals surface area contributed by atoms with Crippen molar-refractivity contribution < 1.29 is 4.79 Å². The summed E-state index contributed by atoms with van der Waals surface area (Å²) in [6, 6.07) is 7.35. The van der Waals surface area contributed by atoms with Crippen LogP contribution in [0.5, 0.6) is 0 Å². The minimum Gasteiger partial charge on any atom is -0.332 e. The molecule has 1 amide bonds. The van der Waals surface area contributed by atoms with Gasteiger partial charge in [-0.15, -0.1) is 12.4 Å². The van der Waals surface area contributed by atoms with Gasteiger partial charge in [0.1, 0.15) is 0 Å². The Kier molecular flexibility index (Phi) is 5.38. The lowest BCUT2D eigenvalue weighted by Gasteiger charge is -2.33. The molecule has 1 aromatic heterocycles. The van der Waals surface area contributed by atoms with E-state index < -0.39 is 0 Å². The van der Waals surface area contributed by atoms with Gasteiger partial charge in [0.05, 0.1) is 5.52 Å².